The minimum absolute atomic E-state index is 0.0411. The number of esters is 4. The van der Waals surface area contributed by atoms with E-state index in [1.807, 2.05) is 0 Å². The summed E-state index contributed by atoms with van der Waals surface area (Å²) in [7, 11) is 1.06. The fourth-order valence-corrected chi connectivity index (χ4v) is 1.26. The lowest BCUT2D eigenvalue weighted by molar-refractivity contribution is -0.178. The molecule has 0 rings (SSSR count). The maximum Gasteiger partial charge on any atom is 0.339 e. The van der Waals surface area contributed by atoms with Crippen molar-refractivity contribution in [2.45, 2.75) is 38.7 Å². The molecule has 0 aliphatic heterocycles. The first-order valence-corrected chi connectivity index (χ1v) is 5.99. The van der Waals surface area contributed by atoms with E-state index in [4.69, 9.17) is 0 Å². The van der Waals surface area contributed by atoms with Gasteiger partial charge in [-0.25, -0.2) is 4.79 Å². The molecule has 20 heavy (non-hydrogen) atoms. The summed E-state index contributed by atoms with van der Waals surface area (Å²) in [6.45, 7) is 2.92. The molecule has 0 aliphatic carbocycles. The Morgan fingerprint density at radius 1 is 1.00 bits per heavy atom. The van der Waals surface area contributed by atoms with Gasteiger partial charge >= 0.3 is 23.9 Å². The van der Waals surface area contributed by atoms with Crippen LogP contribution in [0.4, 0.5) is 0 Å². The Morgan fingerprint density at radius 2 is 1.55 bits per heavy atom. The van der Waals surface area contributed by atoms with Gasteiger partial charge in [-0.15, -0.1) is 0 Å². The minimum Gasteiger partial charge on any atom is -0.469 e. The van der Waals surface area contributed by atoms with E-state index in [1.165, 1.54) is 13.8 Å². The highest BCUT2D eigenvalue weighted by Crippen LogP contribution is 2.19. The molecule has 0 saturated heterocycles. The third-order valence-corrected chi connectivity index (χ3v) is 2.27. The quantitative estimate of drug-likeness (QED) is 0.386. The molecule has 0 amide bonds. The first-order valence-electron chi connectivity index (χ1n) is 5.99. The Hall–Kier alpha value is -1.96. The Kier molecular flexibility index (Phi) is 7.45. The number of hydrogen-bond donors (Lipinski definition) is 1. The van der Waals surface area contributed by atoms with Crippen LogP contribution in [0.2, 0.25) is 0 Å². The van der Waals surface area contributed by atoms with Gasteiger partial charge in [-0.1, -0.05) is 6.92 Å². The fraction of sp³-hybridized carbons (Fsp3) is 0.667. The molecule has 1 N–H and O–H groups in total. The van der Waals surface area contributed by atoms with Crippen molar-refractivity contribution in [3.63, 3.8) is 0 Å². The summed E-state index contributed by atoms with van der Waals surface area (Å²) in [4.78, 5) is 45.2. The average molecular weight is 290 g/mol. The van der Waals surface area contributed by atoms with Gasteiger partial charge in [0.2, 0.25) is 0 Å². The van der Waals surface area contributed by atoms with Gasteiger partial charge in [0.1, 0.15) is 0 Å². The van der Waals surface area contributed by atoms with Crippen LogP contribution in [0.5, 0.6) is 0 Å². The van der Waals surface area contributed by atoms with Gasteiger partial charge in [-0.2, -0.15) is 0 Å². The average Bonchev–Trinajstić information content (AvgIpc) is 2.38. The molecule has 8 heteroatoms. The van der Waals surface area contributed by atoms with E-state index in [9.17, 15) is 24.3 Å². The molecule has 0 aromatic heterocycles. The molecule has 8 nitrogen and oxygen atoms in total. The topological polar surface area (TPSA) is 116 Å². The van der Waals surface area contributed by atoms with Crippen LogP contribution >= 0.6 is 0 Å². The summed E-state index contributed by atoms with van der Waals surface area (Å²) in [6.07, 6.45) is -1.70. The highest BCUT2D eigenvalue weighted by molar-refractivity contribution is 5.93. The summed E-state index contributed by atoms with van der Waals surface area (Å²) >= 11 is 0. The van der Waals surface area contributed by atoms with Gasteiger partial charge in [-0.05, 0) is 6.92 Å². The van der Waals surface area contributed by atoms with Crippen molar-refractivity contribution in [1.82, 2.24) is 0 Å². The monoisotopic (exact) mass is 290 g/mol. The lowest BCUT2D eigenvalue weighted by Crippen LogP contribution is -2.44. The van der Waals surface area contributed by atoms with Crippen molar-refractivity contribution < 1.29 is 38.5 Å². The standard InChI is InChI=1S/C12H18O8/c1-4-8(13)20-10(15)7-12(17,6-9(14)18-3)11(16)19-5-2/h17H,4-7H2,1-3H3. The number of hydrogen-bond acceptors (Lipinski definition) is 8. The molecule has 0 bridgehead atoms. The van der Waals surface area contributed by atoms with Gasteiger partial charge < -0.3 is 19.3 Å². The van der Waals surface area contributed by atoms with Crippen molar-refractivity contribution in [2.75, 3.05) is 13.7 Å². The maximum atomic E-state index is 11.6. The first kappa shape index (κ1) is 18.0. The van der Waals surface area contributed by atoms with E-state index in [-0.39, 0.29) is 13.0 Å². The molecule has 1 unspecified atom stereocenters. The van der Waals surface area contributed by atoms with Crippen LogP contribution in [0.3, 0.4) is 0 Å². The molecule has 1 atom stereocenters. The fourth-order valence-electron chi connectivity index (χ4n) is 1.26. The van der Waals surface area contributed by atoms with Crippen molar-refractivity contribution >= 4 is 23.9 Å². The second-order valence-electron chi connectivity index (χ2n) is 3.88. The molecule has 0 fully saturated rings. The van der Waals surface area contributed by atoms with Crippen molar-refractivity contribution in [1.29, 1.82) is 0 Å². The molecule has 0 aliphatic rings. The van der Waals surface area contributed by atoms with Crippen LogP contribution in [-0.4, -0.2) is 48.3 Å². The van der Waals surface area contributed by atoms with Crippen LogP contribution in [0, 0.1) is 0 Å². The lowest BCUT2D eigenvalue weighted by atomic mass is 9.95. The van der Waals surface area contributed by atoms with Crippen LogP contribution in [-0.2, 0) is 33.4 Å². The van der Waals surface area contributed by atoms with Crippen LogP contribution < -0.4 is 0 Å². The maximum absolute atomic E-state index is 11.6. The Bertz CT molecular complexity index is 389. The normalized spacial score (nSPS) is 13.0. The Balaban J connectivity index is 4.93. The molecule has 0 spiro atoms. The zero-order valence-electron chi connectivity index (χ0n) is 11.6. The number of aliphatic hydroxyl groups is 1. The summed E-state index contributed by atoms with van der Waals surface area (Å²) in [5, 5.41) is 10.1. The molecule has 0 aromatic carbocycles. The molecule has 0 radical (unpaired) electrons. The number of methoxy groups -OCH3 is 1. The Labute approximate surface area is 116 Å². The highest BCUT2D eigenvalue weighted by atomic mass is 16.6. The van der Waals surface area contributed by atoms with Gasteiger partial charge in [0.15, 0.2) is 5.60 Å². The predicted molar refractivity (Wildman–Crippen MR) is 64.2 cm³/mol. The van der Waals surface area contributed by atoms with Gasteiger partial charge in [-0.3, -0.25) is 14.4 Å². The third-order valence-electron chi connectivity index (χ3n) is 2.27. The van der Waals surface area contributed by atoms with E-state index in [0.29, 0.717) is 0 Å². The number of ether oxygens (including phenoxy) is 3. The van der Waals surface area contributed by atoms with Crippen molar-refractivity contribution in [2.24, 2.45) is 0 Å². The van der Waals surface area contributed by atoms with Crippen molar-refractivity contribution in [3.05, 3.63) is 0 Å². The molecular formula is C12H18O8. The zero-order chi connectivity index (χ0) is 15.8. The second kappa shape index (κ2) is 8.26. The predicted octanol–water partition coefficient (Wildman–Crippen LogP) is -0.286. The van der Waals surface area contributed by atoms with E-state index < -0.39 is 42.3 Å². The summed E-state index contributed by atoms with van der Waals surface area (Å²) < 4.78 is 13.3. The molecular weight excluding hydrogens is 272 g/mol. The summed E-state index contributed by atoms with van der Waals surface area (Å²) in [6, 6.07) is 0. The van der Waals surface area contributed by atoms with E-state index in [2.05, 4.69) is 14.2 Å². The minimum atomic E-state index is -2.42. The summed E-state index contributed by atoms with van der Waals surface area (Å²) in [5.74, 6) is -4.00. The van der Waals surface area contributed by atoms with E-state index in [1.54, 1.807) is 0 Å². The first-order chi connectivity index (χ1) is 9.28. The smallest absolute Gasteiger partial charge is 0.339 e. The van der Waals surface area contributed by atoms with Crippen molar-refractivity contribution in [3.8, 4) is 0 Å². The number of carbonyl (C=O) groups excluding carboxylic acids is 4. The molecule has 0 saturated carbocycles. The molecule has 114 valence electrons. The second-order valence-corrected chi connectivity index (χ2v) is 3.88. The molecule has 0 heterocycles. The SMILES string of the molecule is CCOC(=O)C(O)(CC(=O)OC)CC(=O)OC(=O)CC. The van der Waals surface area contributed by atoms with E-state index in [0.717, 1.165) is 7.11 Å². The van der Waals surface area contributed by atoms with Crippen LogP contribution in [0.1, 0.15) is 33.1 Å². The largest absolute Gasteiger partial charge is 0.469 e. The highest BCUT2D eigenvalue weighted by Gasteiger charge is 2.43. The molecule has 0 aromatic rings. The van der Waals surface area contributed by atoms with Gasteiger partial charge in [0.25, 0.3) is 0 Å². The van der Waals surface area contributed by atoms with E-state index >= 15 is 0 Å². The zero-order valence-corrected chi connectivity index (χ0v) is 11.6. The number of carbonyl (C=O) groups is 4. The van der Waals surface area contributed by atoms with Gasteiger partial charge in [0, 0.05) is 6.42 Å². The third kappa shape index (κ3) is 5.79. The summed E-state index contributed by atoms with van der Waals surface area (Å²) in [5.41, 5.74) is -2.42. The number of rotatable bonds is 7. The lowest BCUT2D eigenvalue weighted by Gasteiger charge is -2.23. The van der Waals surface area contributed by atoms with Gasteiger partial charge in [0.05, 0.1) is 26.6 Å². The Morgan fingerprint density at radius 3 is 2.00 bits per heavy atom. The van der Waals surface area contributed by atoms with Crippen LogP contribution in [0.25, 0.3) is 0 Å². The van der Waals surface area contributed by atoms with Crippen LogP contribution in [0.15, 0.2) is 0 Å².